The van der Waals surface area contributed by atoms with E-state index in [4.69, 9.17) is 9.73 Å². The molecule has 2 atom stereocenters. The molecule has 0 saturated heterocycles. The van der Waals surface area contributed by atoms with E-state index in [1.807, 2.05) is 48.5 Å². The predicted octanol–water partition coefficient (Wildman–Crippen LogP) is 8.54. The van der Waals surface area contributed by atoms with Gasteiger partial charge >= 0.3 is 5.97 Å². The SMILES string of the molecule is COC(=O)CCc1cc(F)c(C2c3ccc(N=C(c4ccccc4)c4ccccc4)c(C)c3CC(C)N2CC(C)C)c(F)c1. The van der Waals surface area contributed by atoms with E-state index in [0.29, 0.717) is 18.0 Å². The maximum atomic E-state index is 16.0. The van der Waals surface area contributed by atoms with Crippen molar-refractivity contribution in [3.05, 3.63) is 136 Å². The third-order valence-electron chi connectivity index (χ3n) is 8.46. The third kappa shape index (κ3) is 6.66. The highest BCUT2D eigenvalue weighted by atomic mass is 19.1. The monoisotopic (exact) mass is 594 g/mol. The van der Waals surface area contributed by atoms with Crippen molar-refractivity contribution in [2.75, 3.05) is 13.7 Å². The van der Waals surface area contributed by atoms with Crippen LogP contribution in [-0.2, 0) is 22.4 Å². The van der Waals surface area contributed by atoms with Crippen molar-refractivity contribution in [3.63, 3.8) is 0 Å². The predicted molar refractivity (Wildman–Crippen MR) is 173 cm³/mol. The summed E-state index contributed by atoms with van der Waals surface area (Å²) < 4.78 is 36.6. The van der Waals surface area contributed by atoms with Gasteiger partial charge < -0.3 is 4.74 Å². The molecule has 4 aromatic rings. The molecule has 5 rings (SSSR count). The molecule has 0 amide bonds. The van der Waals surface area contributed by atoms with E-state index in [9.17, 15) is 4.79 Å². The Labute approximate surface area is 259 Å². The van der Waals surface area contributed by atoms with Crippen LogP contribution in [-0.4, -0.2) is 36.3 Å². The number of halogens is 2. The first kappa shape index (κ1) is 31.3. The van der Waals surface area contributed by atoms with Crippen molar-refractivity contribution in [2.45, 2.75) is 59.0 Å². The molecule has 44 heavy (non-hydrogen) atoms. The minimum atomic E-state index is -0.598. The highest BCUT2D eigenvalue weighted by Gasteiger charge is 2.37. The Morgan fingerprint density at radius 1 is 0.955 bits per heavy atom. The first-order valence-electron chi connectivity index (χ1n) is 15.3. The van der Waals surface area contributed by atoms with Gasteiger partial charge in [0, 0.05) is 35.7 Å². The Morgan fingerprint density at radius 3 is 2.09 bits per heavy atom. The number of methoxy groups -OCH3 is 1. The second kappa shape index (κ2) is 13.6. The van der Waals surface area contributed by atoms with Crippen LogP contribution in [0, 0.1) is 24.5 Å². The summed E-state index contributed by atoms with van der Waals surface area (Å²) in [5.41, 5.74) is 7.23. The van der Waals surface area contributed by atoms with Gasteiger partial charge in [-0.25, -0.2) is 13.8 Å². The number of aryl methyl sites for hydroxylation is 1. The van der Waals surface area contributed by atoms with Gasteiger partial charge in [0.2, 0.25) is 0 Å². The van der Waals surface area contributed by atoms with Crippen molar-refractivity contribution in [3.8, 4) is 0 Å². The fourth-order valence-electron chi connectivity index (χ4n) is 6.29. The summed E-state index contributed by atoms with van der Waals surface area (Å²) in [6.07, 6.45) is 1.02. The molecule has 2 unspecified atom stereocenters. The number of hydrogen-bond acceptors (Lipinski definition) is 4. The van der Waals surface area contributed by atoms with Crippen molar-refractivity contribution in [2.24, 2.45) is 10.9 Å². The summed E-state index contributed by atoms with van der Waals surface area (Å²) >= 11 is 0. The molecule has 1 aliphatic rings. The van der Waals surface area contributed by atoms with Crippen LogP contribution in [0.25, 0.3) is 0 Å². The molecule has 0 aliphatic carbocycles. The number of nitrogens with zero attached hydrogens (tertiary/aromatic N) is 2. The Morgan fingerprint density at radius 2 is 1.55 bits per heavy atom. The zero-order valence-electron chi connectivity index (χ0n) is 26.1. The van der Waals surface area contributed by atoms with Gasteiger partial charge in [-0.3, -0.25) is 9.69 Å². The molecule has 0 bridgehead atoms. The van der Waals surface area contributed by atoms with E-state index in [1.165, 1.54) is 19.2 Å². The summed E-state index contributed by atoms with van der Waals surface area (Å²) in [4.78, 5) is 19.1. The molecule has 0 fully saturated rings. The lowest BCUT2D eigenvalue weighted by atomic mass is 9.81. The average molecular weight is 595 g/mol. The molecule has 228 valence electrons. The summed E-state index contributed by atoms with van der Waals surface area (Å²) in [6.45, 7) is 9.14. The molecule has 4 nitrogen and oxygen atoms in total. The van der Waals surface area contributed by atoms with Crippen LogP contribution in [0.4, 0.5) is 14.5 Å². The molecule has 0 aromatic heterocycles. The van der Waals surface area contributed by atoms with Gasteiger partial charge in [-0.15, -0.1) is 0 Å². The van der Waals surface area contributed by atoms with Gasteiger partial charge in [-0.2, -0.15) is 0 Å². The number of esters is 1. The number of hydrogen-bond donors (Lipinski definition) is 0. The van der Waals surface area contributed by atoms with Gasteiger partial charge in [-0.1, -0.05) is 80.6 Å². The van der Waals surface area contributed by atoms with Crippen LogP contribution in [0.15, 0.2) is 89.9 Å². The summed E-state index contributed by atoms with van der Waals surface area (Å²) in [5, 5.41) is 0. The van der Waals surface area contributed by atoms with Crippen molar-refractivity contribution in [1.82, 2.24) is 4.90 Å². The fraction of sp³-hybridized carbons (Fsp3) is 0.316. The third-order valence-corrected chi connectivity index (χ3v) is 8.46. The molecule has 0 spiro atoms. The lowest BCUT2D eigenvalue weighted by Crippen LogP contribution is -2.45. The van der Waals surface area contributed by atoms with E-state index in [0.717, 1.165) is 45.6 Å². The van der Waals surface area contributed by atoms with Gasteiger partial charge in [0.15, 0.2) is 0 Å². The number of rotatable bonds is 9. The molecule has 1 aliphatic heterocycles. The van der Waals surface area contributed by atoms with Gasteiger partial charge in [0.05, 0.1) is 24.6 Å². The molecule has 0 radical (unpaired) electrons. The topological polar surface area (TPSA) is 41.9 Å². The van der Waals surface area contributed by atoms with Crippen LogP contribution in [0.5, 0.6) is 0 Å². The molecule has 6 heteroatoms. The quantitative estimate of drug-likeness (QED) is 0.144. The van der Waals surface area contributed by atoms with Crippen molar-refractivity contribution in [1.29, 1.82) is 0 Å². The standard InChI is InChI=1S/C38H40F2N2O2/c1-24(2)23-42-25(3)20-31-26(4)34(41-37(28-12-8-6-9-13-28)29-14-10-7-11-15-29)18-17-30(31)38(42)36-32(39)21-27(22-33(36)40)16-19-35(43)44-5/h6-15,17-18,21-22,24-25,38H,16,19-20,23H2,1-5H3. The minimum Gasteiger partial charge on any atom is -0.469 e. The average Bonchev–Trinajstić information content (AvgIpc) is 3.01. The zero-order chi connectivity index (χ0) is 31.4. The number of carbonyl (C=O) groups is 1. The molecule has 0 N–H and O–H groups in total. The highest BCUT2D eigenvalue weighted by molar-refractivity contribution is 6.14. The van der Waals surface area contributed by atoms with Gasteiger partial charge in [-0.05, 0) is 73.1 Å². The van der Waals surface area contributed by atoms with E-state index in [1.54, 1.807) is 0 Å². The smallest absolute Gasteiger partial charge is 0.305 e. The molecule has 0 saturated carbocycles. The van der Waals surface area contributed by atoms with Crippen LogP contribution in [0.3, 0.4) is 0 Å². The van der Waals surface area contributed by atoms with Crippen LogP contribution >= 0.6 is 0 Å². The van der Waals surface area contributed by atoms with E-state index in [-0.39, 0.29) is 24.4 Å². The summed E-state index contributed by atoms with van der Waals surface area (Å²) in [6, 6.07) is 26.4. The lowest BCUT2D eigenvalue weighted by molar-refractivity contribution is -0.140. The fourth-order valence-corrected chi connectivity index (χ4v) is 6.29. The second-order valence-electron chi connectivity index (χ2n) is 12.1. The Hall–Kier alpha value is -4.16. The zero-order valence-corrected chi connectivity index (χ0v) is 26.1. The molecule has 1 heterocycles. The van der Waals surface area contributed by atoms with Gasteiger partial charge in [0.1, 0.15) is 11.6 Å². The summed E-state index contributed by atoms with van der Waals surface area (Å²) in [5.74, 6) is -1.31. The van der Waals surface area contributed by atoms with Crippen molar-refractivity contribution < 1.29 is 18.3 Å². The Kier molecular flexibility index (Phi) is 9.70. The van der Waals surface area contributed by atoms with E-state index in [2.05, 4.69) is 56.9 Å². The number of ether oxygens (including phenoxy) is 1. The first-order valence-corrected chi connectivity index (χ1v) is 15.3. The van der Waals surface area contributed by atoms with E-state index >= 15 is 8.78 Å². The molecule has 4 aromatic carbocycles. The lowest BCUT2D eigenvalue weighted by Gasteiger charge is -2.44. The van der Waals surface area contributed by atoms with Crippen LogP contribution in [0.1, 0.15) is 72.2 Å². The Balaban J connectivity index is 1.63. The number of fused-ring (bicyclic) bond motifs is 1. The molecular formula is C38H40F2N2O2. The Bertz CT molecular complexity index is 1590. The molecular weight excluding hydrogens is 554 g/mol. The van der Waals surface area contributed by atoms with Gasteiger partial charge in [0.25, 0.3) is 0 Å². The highest BCUT2D eigenvalue weighted by Crippen LogP contribution is 2.43. The first-order chi connectivity index (χ1) is 21.2. The number of carbonyl (C=O) groups excluding carboxylic acids is 1. The van der Waals surface area contributed by atoms with E-state index < -0.39 is 23.6 Å². The number of benzene rings is 4. The van der Waals surface area contributed by atoms with Crippen molar-refractivity contribution >= 4 is 17.4 Å². The maximum Gasteiger partial charge on any atom is 0.305 e. The second-order valence-corrected chi connectivity index (χ2v) is 12.1. The summed E-state index contributed by atoms with van der Waals surface area (Å²) in [7, 11) is 1.31. The number of aliphatic imine (C=N–C) groups is 1. The normalized spacial score (nSPS) is 16.5. The minimum absolute atomic E-state index is 0.0465. The largest absolute Gasteiger partial charge is 0.469 e. The van der Waals surface area contributed by atoms with Crippen LogP contribution < -0.4 is 0 Å². The maximum absolute atomic E-state index is 16.0. The van der Waals surface area contributed by atoms with Crippen LogP contribution in [0.2, 0.25) is 0 Å².